The predicted octanol–water partition coefficient (Wildman–Crippen LogP) is 5.41. The van der Waals surface area contributed by atoms with Gasteiger partial charge in [0.15, 0.2) is 17.3 Å². The maximum atomic E-state index is 13.8. The second kappa shape index (κ2) is 9.41. The highest BCUT2D eigenvalue weighted by atomic mass is 79.9. The third-order valence-electron chi connectivity index (χ3n) is 6.44. The number of methoxy groups -OCH3 is 2. The minimum atomic E-state index is -0.643. The summed E-state index contributed by atoms with van der Waals surface area (Å²) in [7, 11) is 3.00. The fraction of sp³-hybridized carbons (Fsp3) is 0.333. The molecule has 0 bridgehead atoms. The zero-order valence-electron chi connectivity index (χ0n) is 20.4. The van der Waals surface area contributed by atoms with Crippen LogP contribution in [-0.4, -0.2) is 31.0 Å². The van der Waals surface area contributed by atoms with Crippen molar-refractivity contribution in [1.82, 2.24) is 5.32 Å². The van der Waals surface area contributed by atoms with Crippen LogP contribution in [0.2, 0.25) is 0 Å². The SMILES string of the molecule is COc1ccccc1NC(=O)C1=C(C)NC2=C(C(=O)CC(C)(C)C2)[C@@H]1c1cc(Br)c(O)c(OC)c1. The molecule has 0 aromatic heterocycles. The molecule has 0 radical (unpaired) electrons. The van der Waals surface area contributed by atoms with Crippen LogP contribution in [0.1, 0.15) is 45.1 Å². The van der Waals surface area contributed by atoms with E-state index in [2.05, 4.69) is 40.4 Å². The number of aromatic hydroxyl groups is 1. The van der Waals surface area contributed by atoms with Crippen LogP contribution in [0.4, 0.5) is 5.69 Å². The summed E-state index contributed by atoms with van der Waals surface area (Å²) in [6, 6.07) is 10.6. The van der Waals surface area contributed by atoms with Crippen molar-refractivity contribution in [2.45, 2.75) is 39.5 Å². The van der Waals surface area contributed by atoms with Gasteiger partial charge in [0.1, 0.15) is 5.75 Å². The Labute approximate surface area is 213 Å². The molecule has 2 aliphatic rings. The fourth-order valence-corrected chi connectivity index (χ4v) is 5.38. The van der Waals surface area contributed by atoms with Gasteiger partial charge in [0.25, 0.3) is 5.91 Å². The summed E-state index contributed by atoms with van der Waals surface area (Å²) >= 11 is 3.39. The van der Waals surface area contributed by atoms with E-state index in [1.807, 2.05) is 19.1 Å². The zero-order valence-corrected chi connectivity index (χ0v) is 22.0. The van der Waals surface area contributed by atoms with Crippen molar-refractivity contribution >= 4 is 33.3 Å². The first-order valence-corrected chi connectivity index (χ1v) is 12.1. The van der Waals surface area contributed by atoms with E-state index in [1.165, 1.54) is 7.11 Å². The first-order chi connectivity index (χ1) is 16.6. The molecule has 0 saturated carbocycles. The number of benzene rings is 2. The lowest BCUT2D eigenvalue weighted by Crippen LogP contribution is -2.39. The molecule has 0 fully saturated rings. The highest BCUT2D eigenvalue weighted by molar-refractivity contribution is 9.10. The van der Waals surface area contributed by atoms with Gasteiger partial charge in [-0.25, -0.2) is 0 Å². The summed E-state index contributed by atoms with van der Waals surface area (Å²) in [5.74, 6) is -0.264. The van der Waals surface area contributed by atoms with Crippen LogP contribution in [0, 0.1) is 5.41 Å². The van der Waals surface area contributed by atoms with Gasteiger partial charge in [-0.2, -0.15) is 0 Å². The monoisotopic (exact) mass is 540 g/mol. The van der Waals surface area contributed by atoms with Crippen molar-refractivity contribution in [3.8, 4) is 17.2 Å². The largest absolute Gasteiger partial charge is 0.503 e. The van der Waals surface area contributed by atoms with Crippen LogP contribution in [0.15, 0.2) is 63.4 Å². The molecule has 1 aliphatic heterocycles. The van der Waals surface area contributed by atoms with Gasteiger partial charge < -0.3 is 25.2 Å². The van der Waals surface area contributed by atoms with E-state index in [0.29, 0.717) is 51.2 Å². The standard InChI is InChI=1S/C27H29BrN2O5/c1-14-22(26(33)30-17-8-6-7-9-20(17)34-4)23(15-10-16(28)25(32)21(11-15)35-5)24-18(29-14)12-27(2,3)13-19(24)31/h6-11,23,29,32H,12-13H2,1-5H3,(H,30,33)/t23-/m1/s1. The number of hydrogen-bond donors (Lipinski definition) is 3. The Morgan fingerprint density at radius 1 is 1.14 bits per heavy atom. The lowest BCUT2D eigenvalue weighted by Gasteiger charge is -2.39. The summed E-state index contributed by atoms with van der Waals surface area (Å²) < 4.78 is 11.2. The summed E-state index contributed by atoms with van der Waals surface area (Å²) in [6.45, 7) is 5.97. The minimum absolute atomic E-state index is 0.00740. The van der Waals surface area contributed by atoms with E-state index in [4.69, 9.17) is 9.47 Å². The molecule has 0 spiro atoms. The van der Waals surface area contributed by atoms with Crippen LogP contribution in [0.3, 0.4) is 0 Å². The van der Waals surface area contributed by atoms with Crippen LogP contribution in [-0.2, 0) is 9.59 Å². The predicted molar refractivity (Wildman–Crippen MR) is 138 cm³/mol. The van der Waals surface area contributed by atoms with Crippen LogP contribution >= 0.6 is 15.9 Å². The van der Waals surface area contributed by atoms with Crippen molar-refractivity contribution in [2.75, 3.05) is 19.5 Å². The molecule has 8 heteroatoms. The first kappa shape index (κ1) is 24.9. The molecule has 1 atom stereocenters. The number of rotatable bonds is 5. The van der Waals surface area contributed by atoms with E-state index < -0.39 is 5.92 Å². The summed E-state index contributed by atoms with van der Waals surface area (Å²) in [5.41, 5.74) is 3.47. The molecule has 0 saturated heterocycles. The summed E-state index contributed by atoms with van der Waals surface area (Å²) in [6.07, 6.45) is 1.06. The van der Waals surface area contributed by atoms with Gasteiger partial charge in [0, 0.05) is 34.9 Å². The van der Waals surface area contributed by atoms with Crippen LogP contribution in [0.5, 0.6) is 17.2 Å². The molecule has 0 unspecified atom stereocenters. The Bertz CT molecular complexity index is 1280. The number of phenolic OH excluding ortho intramolecular Hbond substituents is 1. The Balaban J connectivity index is 1.87. The number of amides is 1. The van der Waals surface area contributed by atoms with Gasteiger partial charge in [0.05, 0.1) is 24.4 Å². The molecule has 4 rings (SSSR count). The smallest absolute Gasteiger partial charge is 0.254 e. The van der Waals surface area contributed by atoms with E-state index >= 15 is 0 Å². The van der Waals surface area contributed by atoms with Gasteiger partial charge >= 0.3 is 0 Å². The van der Waals surface area contributed by atoms with E-state index in [9.17, 15) is 14.7 Å². The number of allylic oxidation sites excluding steroid dienone is 3. The summed E-state index contributed by atoms with van der Waals surface area (Å²) in [4.78, 5) is 27.3. The Kier molecular flexibility index (Phi) is 6.68. The average molecular weight is 541 g/mol. The van der Waals surface area contributed by atoms with E-state index in [1.54, 1.807) is 31.4 Å². The zero-order chi connectivity index (χ0) is 25.5. The van der Waals surface area contributed by atoms with Crippen LogP contribution < -0.4 is 20.1 Å². The van der Waals surface area contributed by atoms with Crippen molar-refractivity contribution in [2.24, 2.45) is 5.41 Å². The van der Waals surface area contributed by atoms with Gasteiger partial charge in [0.2, 0.25) is 0 Å². The normalized spacial score (nSPS) is 19.1. The third-order valence-corrected chi connectivity index (χ3v) is 7.05. The number of ketones is 1. The number of ether oxygens (including phenoxy) is 2. The quantitative estimate of drug-likeness (QED) is 0.468. The van der Waals surface area contributed by atoms with E-state index in [-0.39, 0.29) is 28.6 Å². The number of Topliss-reactive ketones (excluding diaryl/α,β-unsaturated/α-hetero) is 1. The lowest BCUT2D eigenvalue weighted by molar-refractivity contribution is -0.118. The van der Waals surface area contributed by atoms with Crippen molar-refractivity contribution in [3.63, 3.8) is 0 Å². The molecule has 1 amide bonds. The highest BCUT2D eigenvalue weighted by Crippen LogP contribution is 2.49. The number of halogens is 1. The summed E-state index contributed by atoms with van der Waals surface area (Å²) in [5, 5.41) is 16.7. The molecular formula is C27H29BrN2O5. The molecule has 35 heavy (non-hydrogen) atoms. The number of dihydropyridines is 1. The molecule has 2 aromatic carbocycles. The molecule has 1 heterocycles. The first-order valence-electron chi connectivity index (χ1n) is 11.3. The van der Waals surface area contributed by atoms with Crippen molar-refractivity contribution in [3.05, 3.63) is 69.0 Å². The third kappa shape index (κ3) is 4.67. The number of phenols is 1. The second-order valence-electron chi connectivity index (χ2n) is 9.64. The number of carbonyl (C=O) groups excluding carboxylic acids is 2. The topological polar surface area (TPSA) is 96.9 Å². The van der Waals surface area contributed by atoms with Gasteiger partial charge in [-0.1, -0.05) is 26.0 Å². The Hall–Kier alpha value is -3.26. The number of anilines is 1. The molecule has 2 aromatic rings. The van der Waals surface area contributed by atoms with Crippen molar-refractivity contribution < 1.29 is 24.2 Å². The van der Waals surface area contributed by atoms with Crippen molar-refractivity contribution in [1.29, 1.82) is 0 Å². The van der Waals surface area contributed by atoms with Crippen LogP contribution in [0.25, 0.3) is 0 Å². The minimum Gasteiger partial charge on any atom is -0.503 e. The second-order valence-corrected chi connectivity index (χ2v) is 10.5. The molecule has 3 N–H and O–H groups in total. The van der Waals surface area contributed by atoms with Gasteiger partial charge in [-0.3, -0.25) is 9.59 Å². The number of carbonyl (C=O) groups is 2. The molecule has 1 aliphatic carbocycles. The molecule has 184 valence electrons. The maximum Gasteiger partial charge on any atom is 0.254 e. The lowest BCUT2D eigenvalue weighted by atomic mass is 9.68. The Morgan fingerprint density at radius 3 is 2.51 bits per heavy atom. The van der Waals surface area contributed by atoms with Gasteiger partial charge in [-0.05, 0) is 64.5 Å². The Morgan fingerprint density at radius 2 is 1.83 bits per heavy atom. The maximum absolute atomic E-state index is 13.8. The highest BCUT2D eigenvalue weighted by Gasteiger charge is 2.43. The number of hydrogen-bond acceptors (Lipinski definition) is 6. The number of para-hydroxylation sites is 2. The molecule has 7 nitrogen and oxygen atoms in total. The molecular weight excluding hydrogens is 512 g/mol. The fourth-order valence-electron chi connectivity index (χ4n) is 4.92. The van der Waals surface area contributed by atoms with Gasteiger partial charge in [-0.15, -0.1) is 0 Å². The average Bonchev–Trinajstić information content (AvgIpc) is 2.79. The van der Waals surface area contributed by atoms with E-state index in [0.717, 1.165) is 5.70 Å². The number of nitrogens with one attached hydrogen (secondary N) is 2.